The molecular formula is C11H12BrF3N2O. The molecule has 1 aromatic carbocycles. The maximum Gasteiger partial charge on any atom is 0.417 e. The lowest BCUT2D eigenvalue weighted by molar-refractivity contribution is -0.138. The molecule has 100 valence electrons. The summed E-state index contributed by atoms with van der Waals surface area (Å²) >= 11 is 2.85. The van der Waals surface area contributed by atoms with Crippen LogP contribution < -0.4 is 11.1 Å². The molecule has 18 heavy (non-hydrogen) atoms. The molecule has 0 radical (unpaired) electrons. The third-order valence-electron chi connectivity index (χ3n) is 2.37. The van der Waals surface area contributed by atoms with Crippen LogP contribution in [0.5, 0.6) is 0 Å². The van der Waals surface area contributed by atoms with Gasteiger partial charge >= 0.3 is 6.18 Å². The van der Waals surface area contributed by atoms with Gasteiger partial charge in [0.1, 0.15) is 0 Å². The van der Waals surface area contributed by atoms with Gasteiger partial charge in [0.15, 0.2) is 0 Å². The van der Waals surface area contributed by atoms with Crippen LogP contribution in [-0.4, -0.2) is 12.5 Å². The molecule has 0 aliphatic rings. The van der Waals surface area contributed by atoms with Gasteiger partial charge in [-0.1, -0.05) is 22.9 Å². The van der Waals surface area contributed by atoms with E-state index in [0.717, 1.165) is 6.07 Å². The van der Waals surface area contributed by atoms with Gasteiger partial charge in [-0.2, -0.15) is 13.2 Å². The van der Waals surface area contributed by atoms with Crippen molar-refractivity contribution in [2.75, 3.05) is 11.9 Å². The first-order valence-corrected chi connectivity index (χ1v) is 5.91. The van der Waals surface area contributed by atoms with E-state index in [-0.39, 0.29) is 11.0 Å². The summed E-state index contributed by atoms with van der Waals surface area (Å²) < 4.78 is 37.8. The van der Waals surface area contributed by atoms with E-state index in [9.17, 15) is 18.0 Å². The van der Waals surface area contributed by atoms with Crippen molar-refractivity contribution in [1.82, 2.24) is 0 Å². The van der Waals surface area contributed by atoms with Crippen molar-refractivity contribution in [3.63, 3.8) is 0 Å². The molecule has 0 aliphatic carbocycles. The molecule has 0 saturated carbocycles. The van der Waals surface area contributed by atoms with Gasteiger partial charge in [0.2, 0.25) is 5.91 Å². The summed E-state index contributed by atoms with van der Waals surface area (Å²) in [4.78, 5) is 10.8. The minimum absolute atomic E-state index is 0.0245. The van der Waals surface area contributed by atoms with E-state index in [1.165, 1.54) is 12.1 Å². The van der Waals surface area contributed by atoms with Crippen LogP contribution in [0.4, 0.5) is 18.9 Å². The summed E-state index contributed by atoms with van der Waals surface area (Å²) in [7, 11) is 0. The highest BCUT2D eigenvalue weighted by atomic mass is 79.9. The van der Waals surface area contributed by atoms with Crippen molar-refractivity contribution >= 4 is 27.5 Å². The van der Waals surface area contributed by atoms with Crippen molar-refractivity contribution in [2.45, 2.75) is 13.1 Å². The molecule has 3 nitrogen and oxygen atoms in total. The molecular weight excluding hydrogens is 313 g/mol. The standard InChI is InChI=1S/C11H12BrF3N2O/c1-6(10(16)18)5-17-7-2-3-9(12)8(4-7)11(13,14)15/h2-4,6,17H,5H2,1H3,(H2,16,18). The molecule has 1 rings (SSSR count). The number of halogens is 4. The van der Waals surface area contributed by atoms with Crippen LogP contribution in [0.2, 0.25) is 0 Å². The molecule has 7 heteroatoms. The Morgan fingerprint density at radius 2 is 2.11 bits per heavy atom. The zero-order valence-corrected chi connectivity index (χ0v) is 11.1. The minimum Gasteiger partial charge on any atom is -0.384 e. The predicted molar refractivity (Wildman–Crippen MR) is 66.0 cm³/mol. The van der Waals surface area contributed by atoms with Crippen LogP contribution in [-0.2, 0) is 11.0 Å². The summed E-state index contributed by atoms with van der Waals surface area (Å²) in [6, 6.07) is 3.78. The Bertz CT molecular complexity index is 448. The van der Waals surface area contributed by atoms with Crippen molar-refractivity contribution in [3.05, 3.63) is 28.2 Å². The molecule has 0 fully saturated rings. The van der Waals surface area contributed by atoms with E-state index in [0.29, 0.717) is 5.69 Å². The zero-order chi connectivity index (χ0) is 13.9. The number of nitrogens with two attached hydrogens (primary N) is 1. The average molecular weight is 325 g/mol. The van der Waals surface area contributed by atoms with E-state index < -0.39 is 23.6 Å². The minimum atomic E-state index is -4.42. The molecule has 0 spiro atoms. The molecule has 1 unspecified atom stereocenters. The number of alkyl halides is 3. The normalized spacial score (nSPS) is 13.2. The molecule has 0 heterocycles. The monoisotopic (exact) mass is 324 g/mol. The topological polar surface area (TPSA) is 55.1 Å². The highest BCUT2D eigenvalue weighted by Crippen LogP contribution is 2.36. The molecule has 0 saturated heterocycles. The maximum atomic E-state index is 12.6. The lowest BCUT2D eigenvalue weighted by Crippen LogP contribution is -2.26. The fourth-order valence-electron chi connectivity index (χ4n) is 1.22. The number of benzene rings is 1. The van der Waals surface area contributed by atoms with Crippen LogP contribution in [0.25, 0.3) is 0 Å². The number of carbonyl (C=O) groups excluding carboxylic acids is 1. The second-order valence-corrected chi connectivity index (χ2v) is 4.73. The Balaban J connectivity index is 2.83. The van der Waals surface area contributed by atoms with Gasteiger partial charge in [0.25, 0.3) is 0 Å². The lowest BCUT2D eigenvalue weighted by Gasteiger charge is -2.14. The lowest BCUT2D eigenvalue weighted by atomic mass is 10.1. The molecule has 0 aliphatic heterocycles. The summed E-state index contributed by atoms with van der Waals surface area (Å²) in [5.74, 6) is -0.960. The van der Waals surface area contributed by atoms with Gasteiger partial charge in [-0.25, -0.2) is 0 Å². The van der Waals surface area contributed by atoms with Crippen LogP contribution >= 0.6 is 15.9 Å². The Labute approximate surface area is 111 Å². The Hall–Kier alpha value is -1.24. The number of nitrogens with one attached hydrogen (secondary N) is 1. The quantitative estimate of drug-likeness (QED) is 0.894. The number of rotatable bonds is 4. The molecule has 1 atom stereocenters. The van der Waals surface area contributed by atoms with Crippen LogP contribution in [0.15, 0.2) is 22.7 Å². The van der Waals surface area contributed by atoms with Crippen molar-refractivity contribution in [3.8, 4) is 0 Å². The number of anilines is 1. The Morgan fingerprint density at radius 1 is 1.50 bits per heavy atom. The van der Waals surface area contributed by atoms with E-state index in [1.54, 1.807) is 6.92 Å². The van der Waals surface area contributed by atoms with E-state index in [2.05, 4.69) is 21.2 Å². The van der Waals surface area contributed by atoms with Crippen molar-refractivity contribution in [2.24, 2.45) is 11.7 Å². The number of primary amides is 1. The first-order chi connectivity index (χ1) is 8.21. The number of hydrogen-bond donors (Lipinski definition) is 2. The molecule has 0 aromatic heterocycles. The third kappa shape index (κ3) is 3.90. The van der Waals surface area contributed by atoms with Crippen molar-refractivity contribution < 1.29 is 18.0 Å². The Kier molecular flexibility index (Phi) is 4.61. The van der Waals surface area contributed by atoms with E-state index >= 15 is 0 Å². The summed E-state index contributed by atoms with van der Waals surface area (Å²) in [6.07, 6.45) is -4.42. The van der Waals surface area contributed by atoms with Gasteiger partial charge in [0.05, 0.1) is 11.5 Å². The van der Waals surface area contributed by atoms with Gasteiger partial charge in [0, 0.05) is 16.7 Å². The summed E-state index contributed by atoms with van der Waals surface area (Å²) in [5, 5.41) is 2.74. The fraction of sp³-hybridized carbons (Fsp3) is 0.364. The number of hydrogen-bond acceptors (Lipinski definition) is 2. The molecule has 0 bridgehead atoms. The van der Waals surface area contributed by atoms with E-state index in [4.69, 9.17) is 5.73 Å². The average Bonchev–Trinajstić information content (AvgIpc) is 2.25. The smallest absolute Gasteiger partial charge is 0.384 e. The zero-order valence-electron chi connectivity index (χ0n) is 9.51. The molecule has 1 aromatic rings. The highest BCUT2D eigenvalue weighted by molar-refractivity contribution is 9.10. The van der Waals surface area contributed by atoms with Crippen molar-refractivity contribution in [1.29, 1.82) is 0 Å². The van der Waals surface area contributed by atoms with Gasteiger partial charge in [-0.05, 0) is 18.2 Å². The Morgan fingerprint density at radius 3 is 2.61 bits per heavy atom. The molecule has 3 N–H and O–H groups in total. The molecule has 1 amide bonds. The first kappa shape index (κ1) is 14.8. The first-order valence-electron chi connectivity index (χ1n) is 5.11. The van der Waals surface area contributed by atoms with Gasteiger partial charge < -0.3 is 11.1 Å². The number of amides is 1. The predicted octanol–water partition coefficient (Wildman–Crippen LogP) is 3.00. The fourth-order valence-corrected chi connectivity index (χ4v) is 1.70. The SMILES string of the molecule is CC(CNc1ccc(Br)c(C(F)(F)F)c1)C(N)=O. The maximum absolute atomic E-state index is 12.6. The third-order valence-corrected chi connectivity index (χ3v) is 3.06. The summed E-state index contributed by atoms with van der Waals surface area (Å²) in [5.41, 5.74) is 4.58. The number of carbonyl (C=O) groups is 1. The second-order valence-electron chi connectivity index (χ2n) is 3.88. The van der Waals surface area contributed by atoms with E-state index in [1.807, 2.05) is 0 Å². The van der Waals surface area contributed by atoms with Crippen LogP contribution in [0.1, 0.15) is 12.5 Å². The van der Waals surface area contributed by atoms with Crippen LogP contribution in [0, 0.1) is 5.92 Å². The van der Waals surface area contributed by atoms with Gasteiger partial charge in [-0.15, -0.1) is 0 Å². The van der Waals surface area contributed by atoms with Gasteiger partial charge in [-0.3, -0.25) is 4.79 Å². The van der Waals surface area contributed by atoms with Crippen LogP contribution in [0.3, 0.4) is 0 Å². The highest BCUT2D eigenvalue weighted by Gasteiger charge is 2.33. The second kappa shape index (κ2) is 5.60. The summed E-state index contributed by atoms with van der Waals surface area (Å²) in [6.45, 7) is 1.78. The largest absolute Gasteiger partial charge is 0.417 e.